The van der Waals surface area contributed by atoms with Crippen molar-refractivity contribution >= 4 is 11.6 Å². The van der Waals surface area contributed by atoms with E-state index in [9.17, 15) is 9.18 Å². The van der Waals surface area contributed by atoms with Crippen LogP contribution in [0.3, 0.4) is 0 Å². The van der Waals surface area contributed by atoms with Gasteiger partial charge in [0, 0.05) is 19.0 Å². The minimum atomic E-state index is -0.333. The summed E-state index contributed by atoms with van der Waals surface area (Å²) in [6.45, 7) is 3.76. The molecule has 0 spiro atoms. The standard InChI is InChI=1S/C22H23FN6O2/c1-13-20-19(21-25-22(31-26-21)14-4-5-14)24-12-29(20)16-7-6-15(23)10-17(16)28(13)11-18(30)27-8-2-3-9-27/h6-7,10,12-14H,2-5,8-9,11H2,1H3/t13-/m1/s1. The highest BCUT2D eigenvalue weighted by Gasteiger charge is 2.36. The van der Waals surface area contributed by atoms with Crippen molar-refractivity contribution in [2.75, 3.05) is 24.5 Å². The maximum absolute atomic E-state index is 14.2. The number of nitrogens with zero attached hydrogens (tertiary/aromatic N) is 6. The van der Waals surface area contributed by atoms with Gasteiger partial charge < -0.3 is 14.3 Å². The average molecular weight is 422 g/mol. The topological polar surface area (TPSA) is 80.3 Å². The number of hydrogen-bond donors (Lipinski definition) is 0. The lowest BCUT2D eigenvalue weighted by atomic mass is 10.0. The van der Waals surface area contributed by atoms with Crippen molar-refractivity contribution in [3.05, 3.63) is 41.9 Å². The molecule has 1 aliphatic carbocycles. The predicted octanol–water partition coefficient (Wildman–Crippen LogP) is 3.44. The van der Waals surface area contributed by atoms with Crippen molar-refractivity contribution < 1.29 is 13.7 Å². The summed E-state index contributed by atoms with van der Waals surface area (Å²) in [5.41, 5.74) is 2.98. The summed E-state index contributed by atoms with van der Waals surface area (Å²) < 4.78 is 21.6. The van der Waals surface area contributed by atoms with Gasteiger partial charge in [-0.1, -0.05) is 5.16 Å². The van der Waals surface area contributed by atoms with Crippen LogP contribution in [-0.2, 0) is 4.79 Å². The monoisotopic (exact) mass is 422 g/mol. The van der Waals surface area contributed by atoms with Crippen LogP contribution in [-0.4, -0.2) is 50.1 Å². The van der Waals surface area contributed by atoms with E-state index in [-0.39, 0.29) is 24.3 Å². The number of anilines is 1. The maximum Gasteiger partial charge on any atom is 0.242 e. The SMILES string of the molecule is C[C@@H]1c2c(-c3noc(C4CC4)n3)ncn2-c2ccc(F)cc2N1CC(=O)N1CCCC1. The fourth-order valence-corrected chi connectivity index (χ4v) is 4.67. The lowest BCUT2D eigenvalue weighted by Crippen LogP contribution is -2.42. The van der Waals surface area contributed by atoms with Crippen LogP contribution in [0.15, 0.2) is 29.0 Å². The highest BCUT2D eigenvalue weighted by Crippen LogP contribution is 2.43. The first-order valence-electron chi connectivity index (χ1n) is 10.9. The summed E-state index contributed by atoms with van der Waals surface area (Å²) in [6, 6.07) is 4.43. The van der Waals surface area contributed by atoms with Crippen LogP contribution in [0.5, 0.6) is 0 Å². The summed E-state index contributed by atoms with van der Waals surface area (Å²) in [4.78, 5) is 26.0. The molecule has 1 saturated heterocycles. The second-order valence-corrected chi connectivity index (χ2v) is 8.60. The molecule has 6 rings (SSSR count). The van der Waals surface area contributed by atoms with E-state index in [2.05, 4.69) is 15.1 Å². The summed E-state index contributed by atoms with van der Waals surface area (Å²) in [5.74, 6) is 1.20. The van der Waals surface area contributed by atoms with Gasteiger partial charge in [0.15, 0.2) is 0 Å². The van der Waals surface area contributed by atoms with Crippen molar-refractivity contribution in [3.8, 4) is 17.2 Å². The number of carbonyl (C=O) groups is 1. The van der Waals surface area contributed by atoms with Gasteiger partial charge in [0.25, 0.3) is 0 Å². The normalized spacial score (nSPS) is 20.1. The lowest BCUT2D eigenvalue weighted by molar-refractivity contribution is -0.128. The zero-order valence-electron chi connectivity index (χ0n) is 17.3. The Hall–Kier alpha value is -3.23. The Kier molecular flexibility index (Phi) is 4.12. The third-order valence-corrected chi connectivity index (χ3v) is 6.52. The number of rotatable bonds is 4. The summed E-state index contributed by atoms with van der Waals surface area (Å²) in [7, 11) is 0. The second-order valence-electron chi connectivity index (χ2n) is 8.60. The Morgan fingerprint density at radius 1 is 1.23 bits per heavy atom. The minimum absolute atomic E-state index is 0.0599. The van der Waals surface area contributed by atoms with Gasteiger partial charge in [0.2, 0.25) is 17.6 Å². The van der Waals surface area contributed by atoms with Crippen molar-refractivity contribution in [1.82, 2.24) is 24.6 Å². The predicted molar refractivity (Wildman–Crippen MR) is 110 cm³/mol. The van der Waals surface area contributed by atoms with E-state index in [0.29, 0.717) is 29.0 Å². The van der Waals surface area contributed by atoms with Gasteiger partial charge in [-0.25, -0.2) is 9.37 Å². The Morgan fingerprint density at radius 2 is 2.03 bits per heavy atom. The number of likely N-dealkylation sites (tertiary alicyclic amines) is 1. The molecule has 8 nitrogen and oxygen atoms in total. The number of imidazole rings is 1. The summed E-state index contributed by atoms with van der Waals surface area (Å²) in [6.07, 6.45) is 5.93. The Balaban J connectivity index is 1.42. The fraction of sp³-hybridized carbons (Fsp3) is 0.455. The van der Waals surface area contributed by atoms with Crippen LogP contribution >= 0.6 is 0 Å². The summed E-state index contributed by atoms with van der Waals surface area (Å²) in [5, 5.41) is 4.17. The summed E-state index contributed by atoms with van der Waals surface area (Å²) >= 11 is 0. The number of benzene rings is 1. The molecule has 2 fully saturated rings. The van der Waals surface area contributed by atoms with Gasteiger partial charge in [0.05, 0.1) is 29.7 Å². The molecular weight excluding hydrogens is 399 g/mol. The molecule has 1 atom stereocenters. The molecule has 0 unspecified atom stereocenters. The molecule has 2 aromatic heterocycles. The maximum atomic E-state index is 14.2. The van der Waals surface area contributed by atoms with Crippen LogP contribution < -0.4 is 4.90 Å². The van der Waals surface area contributed by atoms with Crippen LogP contribution in [0.1, 0.15) is 56.2 Å². The van der Waals surface area contributed by atoms with Crippen molar-refractivity contribution in [2.24, 2.45) is 0 Å². The molecule has 0 N–H and O–H groups in total. The molecule has 4 heterocycles. The molecule has 1 saturated carbocycles. The zero-order chi connectivity index (χ0) is 21.1. The number of hydrogen-bond acceptors (Lipinski definition) is 6. The lowest BCUT2D eigenvalue weighted by Gasteiger charge is -2.38. The number of halogens is 1. The van der Waals surface area contributed by atoms with Gasteiger partial charge in [0.1, 0.15) is 17.8 Å². The van der Waals surface area contributed by atoms with Crippen molar-refractivity contribution in [1.29, 1.82) is 0 Å². The minimum Gasteiger partial charge on any atom is -0.352 e. The van der Waals surface area contributed by atoms with Gasteiger partial charge in [-0.15, -0.1) is 0 Å². The molecule has 9 heteroatoms. The van der Waals surface area contributed by atoms with Gasteiger partial charge >= 0.3 is 0 Å². The molecule has 0 bridgehead atoms. The molecule has 31 heavy (non-hydrogen) atoms. The third-order valence-electron chi connectivity index (χ3n) is 6.52. The van der Waals surface area contributed by atoms with E-state index in [4.69, 9.17) is 4.52 Å². The number of amides is 1. The smallest absolute Gasteiger partial charge is 0.242 e. The Bertz CT molecular complexity index is 1160. The quantitative estimate of drug-likeness (QED) is 0.641. The molecule has 160 valence electrons. The first kappa shape index (κ1) is 18.5. The largest absolute Gasteiger partial charge is 0.352 e. The van der Waals surface area contributed by atoms with Crippen molar-refractivity contribution in [3.63, 3.8) is 0 Å². The fourth-order valence-electron chi connectivity index (χ4n) is 4.67. The second kappa shape index (κ2) is 6.90. The number of fused-ring (bicyclic) bond motifs is 3. The van der Waals surface area contributed by atoms with Crippen LogP contribution in [0.2, 0.25) is 0 Å². The van der Waals surface area contributed by atoms with E-state index >= 15 is 0 Å². The average Bonchev–Trinajstić information content (AvgIpc) is 3.17. The highest BCUT2D eigenvalue weighted by atomic mass is 19.1. The van der Waals surface area contributed by atoms with E-state index in [0.717, 1.165) is 50.2 Å². The van der Waals surface area contributed by atoms with E-state index in [1.165, 1.54) is 12.1 Å². The Morgan fingerprint density at radius 3 is 2.81 bits per heavy atom. The zero-order valence-corrected chi connectivity index (χ0v) is 17.3. The van der Waals surface area contributed by atoms with E-state index in [1.54, 1.807) is 12.4 Å². The molecule has 1 amide bonds. The molecular formula is C22H23FN6O2. The number of carbonyl (C=O) groups excluding carboxylic acids is 1. The van der Waals surface area contributed by atoms with Gasteiger partial charge in [-0.3, -0.25) is 9.36 Å². The van der Waals surface area contributed by atoms with E-state index in [1.807, 2.05) is 21.3 Å². The third kappa shape index (κ3) is 3.02. The molecule has 1 aromatic carbocycles. The molecule has 0 radical (unpaired) electrons. The van der Waals surface area contributed by atoms with Crippen LogP contribution in [0.4, 0.5) is 10.1 Å². The van der Waals surface area contributed by atoms with E-state index < -0.39 is 0 Å². The first-order valence-corrected chi connectivity index (χ1v) is 10.9. The molecule has 3 aliphatic rings. The van der Waals surface area contributed by atoms with Gasteiger partial charge in [-0.05, 0) is 50.8 Å². The van der Waals surface area contributed by atoms with Gasteiger partial charge in [-0.2, -0.15) is 4.98 Å². The Labute approximate surface area is 178 Å². The van der Waals surface area contributed by atoms with Crippen LogP contribution in [0.25, 0.3) is 17.2 Å². The number of aromatic nitrogens is 4. The first-order chi connectivity index (χ1) is 15.1. The van der Waals surface area contributed by atoms with Crippen molar-refractivity contribution in [2.45, 2.75) is 44.6 Å². The molecule has 3 aromatic rings. The molecule has 2 aliphatic heterocycles. The highest BCUT2D eigenvalue weighted by molar-refractivity contribution is 5.84. The van der Waals surface area contributed by atoms with Crippen LogP contribution in [0, 0.1) is 5.82 Å².